The van der Waals surface area contributed by atoms with Crippen molar-refractivity contribution in [3.63, 3.8) is 0 Å². The minimum absolute atomic E-state index is 1.01. The molecular weight excluding hydrogens is 388 g/mol. The van der Waals surface area contributed by atoms with Crippen LogP contribution in [0.1, 0.15) is 81.8 Å². The van der Waals surface area contributed by atoms with Gasteiger partial charge in [-0.05, 0) is 35.4 Å². The van der Waals surface area contributed by atoms with Crippen LogP contribution in [0.4, 0.5) is 0 Å². The lowest BCUT2D eigenvalue weighted by Gasteiger charge is -2.45. The van der Waals surface area contributed by atoms with Crippen LogP contribution in [-0.4, -0.2) is 8.07 Å². The summed E-state index contributed by atoms with van der Waals surface area (Å²) in [6.45, 7) is 0. The van der Waals surface area contributed by atoms with Crippen molar-refractivity contribution >= 4 is 8.07 Å². The smallest absolute Gasteiger partial charge is 0.0622 e. The summed E-state index contributed by atoms with van der Waals surface area (Å²) in [7, 11) is -1.54. The maximum absolute atomic E-state index is 2.45. The molecule has 0 saturated heterocycles. The van der Waals surface area contributed by atoms with Gasteiger partial charge in [0.25, 0.3) is 0 Å². The van der Waals surface area contributed by atoms with Crippen LogP contribution < -0.4 is 0 Å². The molecule has 0 spiro atoms. The van der Waals surface area contributed by atoms with Gasteiger partial charge in [0, 0.05) is 0 Å². The van der Waals surface area contributed by atoms with Crippen LogP contribution in [0, 0.1) is 17.8 Å². The van der Waals surface area contributed by atoms with Crippen molar-refractivity contribution in [3.05, 3.63) is 71.8 Å². The van der Waals surface area contributed by atoms with Crippen LogP contribution in [0.25, 0.3) is 0 Å². The van der Waals surface area contributed by atoms with E-state index in [1.54, 1.807) is 36.4 Å². The molecule has 3 fully saturated rings. The number of hydrogen-bond acceptors (Lipinski definition) is 0. The summed E-state index contributed by atoms with van der Waals surface area (Å²) in [5.41, 5.74) is 4.33. The second-order valence-corrected chi connectivity index (χ2v) is 15.9. The Morgan fingerprint density at radius 2 is 1.16 bits per heavy atom. The fourth-order valence-corrected chi connectivity index (χ4v) is 15.1. The Kier molecular flexibility index (Phi) is 6.98. The molecular formula is C30H42Si. The van der Waals surface area contributed by atoms with E-state index >= 15 is 0 Å². The van der Waals surface area contributed by atoms with E-state index in [1.165, 1.54) is 63.5 Å². The third-order valence-electron chi connectivity index (χ3n) is 9.34. The summed E-state index contributed by atoms with van der Waals surface area (Å²) < 4.78 is 0. The van der Waals surface area contributed by atoms with Gasteiger partial charge in [-0.3, -0.25) is 0 Å². The Morgan fingerprint density at radius 3 is 1.81 bits per heavy atom. The van der Waals surface area contributed by atoms with Crippen molar-refractivity contribution < 1.29 is 0 Å². The molecule has 0 aliphatic heterocycles. The Balaban J connectivity index is 1.52. The lowest BCUT2D eigenvalue weighted by atomic mass is 9.82. The van der Waals surface area contributed by atoms with Crippen LogP contribution in [0.15, 0.2) is 60.7 Å². The largest absolute Gasteiger partial charge is 0.0659 e. The van der Waals surface area contributed by atoms with Crippen molar-refractivity contribution in [3.8, 4) is 0 Å². The Labute approximate surface area is 191 Å². The predicted octanol–water partition coefficient (Wildman–Crippen LogP) is 8.55. The zero-order chi connectivity index (χ0) is 20.9. The van der Waals surface area contributed by atoms with E-state index in [-0.39, 0.29) is 0 Å². The lowest BCUT2D eigenvalue weighted by molar-refractivity contribution is 0.272. The number of rotatable bonds is 7. The van der Waals surface area contributed by atoms with Gasteiger partial charge in [-0.1, -0.05) is 148 Å². The van der Waals surface area contributed by atoms with Crippen LogP contribution in [0.5, 0.6) is 0 Å². The molecule has 0 bridgehead atoms. The van der Waals surface area contributed by atoms with Gasteiger partial charge in [0.15, 0.2) is 0 Å². The van der Waals surface area contributed by atoms with Crippen molar-refractivity contribution in [2.45, 2.75) is 94.3 Å². The molecule has 2 aromatic rings. The SMILES string of the molecule is c1ccc(C[Si](Cc2ccccc2)(CC2CCCCC2)C2CCC3CCCCC32)cc1. The van der Waals surface area contributed by atoms with E-state index in [4.69, 9.17) is 0 Å². The maximum Gasteiger partial charge on any atom is 0.0659 e. The normalized spacial score (nSPS) is 27.2. The monoisotopic (exact) mass is 430 g/mol. The first-order chi connectivity index (χ1) is 15.3. The maximum atomic E-state index is 2.45. The molecule has 0 N–H and O–H groups in total. The molecule has 1 heteroatoms. The lowest BCUT2D eigenvalue weighted by Crippen LogP contribution is -2.49. The van der Waals surface area contributed by atoms with E-state index in [1.807, 2.05) is 0 Å². The molecule has 3 saturated carbocycles. The minimum Gasteiger partial charge on any atom is -0.0622 e. The van der Waals surface area contributed by atoms with E-state index < -0.39 is 8.07 Å². The van der Waals surface area contributed by atoms with Gasteiger partial charge in [0.1, 0.15) is 0 Å². The summed E-state index contributed by atoms with van der Waals surface area (Å²) in [4.78, 5) is 0. The molecule has 166 valence electrons. The standard InChI is InChI=1S/C30H42Si/c1-4-12-25(13-5-1)22-31(23-26-14-6-2-7-15-26,24-27-16-8-3-9-17-27)30-21-20-28-18-10-11-19-29(28)30/h1-2,4-7,12-15,27-30H,3,8-11,16-24H2. The van der Waals surface area contributed by atoms with E-state index in [0.717, 1.165) is 23.3 Å². The molecule has 0 heterocycles. The van der Waals surface area contributed by atoms with Crippen molar-refractivity contribution in [1.29, 1.82) is 0 Å². The highest BCUT2D eigenvalue weighted by atomic mass is 28.3. The molecule has 0 aromatic heterocycles. The highest BCUT2D eigenvalue weighted by Gasteiger charge is 2.50. The topological polar surface area (TPSA) is 0 Å². The van der Waals surface area contributed by atoms with Gasteiger partial charge in [-0.25, -0.2) is 0 Å². The van der Waals surface area contributed by atoms with Gasteiger partial charge in [-0.2, -0.15) is 0 Å². The number of benzene rings is 2. The van der Waals surface area contributed by atoms with E-state index in [0.29, 0.717) is 0 Å². The second kappa shape index (κ2) is 10.1. The Morgan fingerprint density at radius 1 is 0.581 bits per heavy atom. The molecule has 31 heavy (non-hydrogen) atoms. The molecule has 3 aliphatic rings. The number of fused-ring (bicyclic) bond motifs is 1. The molecule has 3 atom stereocenters. The Hall–Kier alpha value is -1.34. The van der Waals surface area contributed by atoms with Crippen LogP contribution in [-0.2, 0) is 12.1 Å². The first kappa shape index (κ1) is 21.5. The second-order valence-electron chi connectivity index (χ2n) is 11.3. The summed E-state index contributed by atoms with van der Waals surface area (Å²) in [6, 6.07) is 27.8. The first-order valence-electron chi connectivity index (χ1n) is 13.4. The quantitative estimate of drug-likeness (QED) is 0.386. The van der Waals surface area contributed by atoms with Crippen molar-refractivity contribution in [1.82, 2.24) is 0 Å². The average molecular weight is 431 g/mol. The fraction of sp³-hybridized carbons (Fsp3) is 0.600. The first-order valence-corrected chi connectivity index (χ1v) is 16.1. The van der Waals surface area contributed by atoms with Gasteiger partial charge in [0.2, 0.25) is 0 Å². The molecule has 2 aromatic carbocycles. The minimum atomic E-state index is -1.54. The van der Waals surface area contributed by atoms with Crippen LogP contribution in [0.3, 0.4) is 0 Å². The van der Waals surface area contributed by atoms with Crippen LogP contribution >= 0.6 is 0 Å². The third-order valence-corrected chi connectivity index (χ3v) is 15.2. The van der Waals surface area contributed by atoms with Gasteiger partial charge in [-0.15, -0.1) is 0 Å². The molecule has 0 nitrogen and oxygen atoms in total. The molecule has 0 radical (unpaired) electrons. The third kappa shape index (κ3) is 5.03. The summed E-state index contributed by atoms with van der Waals surface area (Å²) >= 11 is 0. The van der Waals surface area contributed by atoms with Crippen LogP contribution in [0.2, 0.25) is 11.6 Å². The van der Waals surface area contributed by atoms with Gasteiger partial charge >= 0.3 is 0 Å². The molecule has 3 aliphatic carbocycles. The summed E-state index contributed by atoms with van der Waals surface area (Å²) in [5, 5.41) is 0. The molecule has 0 amide bonds. The zero-order valence-corrected chi connectivity index (χ0v) is 20.5. The van der Waals surface area contributed by atoms with Crippen molar-refractivity contribution in [2.24, 2.45) is 17.8 Å². The van der Waals surface area contributed by atoms with Gasteiger partial charge in [0.05, 0.1) is 8.07 Å². The fourth-order valence-electron chi connectivity index (χ4n) is 8.08. The predicted molar refractivity (Wildman–Crippen MR) is 136 cm³/mol. The van der Waals surface area contributed by atoms with Crippen molar-refractivity contribution in [2.75, 3.05) is 0 Å². The molecule has 5 rings (SSSR count). The molecule has 3 unspecified atom stereocenters. The zero-order valence-electron chi connectivity index (χ0n) is 19.5. The average Bonchev–Trinajstić information content (AvgIpc) is 3.26. The summed E-state index contributed by atoms with van der Waals surface area (Å²) in [5.74, 6) is 3.12. The van der Waals surface area contributed by atoms with E-state index in [2.05, 4.69) is 60.7 Å². The van der Waals surface area contributed by atoms with E-state index in [9.17, 15) is 0 Å². The van der Waals surface area contributed by atoms with Gasteiger partial charge < -0.3 is 0 Å². The highest BCUT2D eigenvalue weighted by molar-refractivity contribution is 6.80. The number of hydrogen-bond donors (Lipinski definition) is 0. The highest BCUT2D eigenvalue weighted by Crippen LogP contribution is 2.56. The Bertz CT molecular complexity index is 750. The summed E-state index contributed by atoms with van der Waals surface area (Å²) in [6.07, 6.45) is 16.7.